The number of likely N-dealkylation sites (N-methyl/N-ethyl adjacent to an activating group) is 1. The average molecular weight is 453 g/mol. The third kappa shape index (κ3) is 6.86. The van der Waals surface area contributed by atoms with E-state index in [4.69, 9.17) is 23.2 Å². The summed E-state index contributed by atoms with van der Waals surface area (Å²) in [5.74, 6) is -0.343. The van der Waals surface area contributed by atoms with Gasteiger partial charge in [-0.15, -0.1) is 12.4 Å². The minimum atomic E-state index is -3.92. The highest BCUT2D eigenvalue weighted by molar-refractivity contribution is 7.92. The molecule has 0 spiro atoms. The molecule has 0 bridgehead atoms. The van der Waals surface area contributed by atoms with Gasteiger partial charge in [-0.3, -0.25) is 9.52 Å². The van der Waals surface area contributed by atoms with Crippen LogP contribution in [-0.4, -0.2) is 46.4 Å². The summed E-state index contributed by atoms with van der Waals surface area (Å²) < 4.78 is 27.6. The van der Waals surface area contributed by atoms with Crippen molar-refractivity contribution >= 4 is 57.2 Å². The molecule has 2 rings (SSSR count). The first-order valence-electron chi connectivity index (χ1n) is 7.70. The minimum absolute atomic E-state index is 0. The number of halogens is 3. The van der Waals surface area contributed by atoms with Gasteiger partial charge in [-0.25, -0.2) is 8.42 Å². The Balaban J connectivity index is 0.00000364. The predicted molar refractivity (Wildman–Crippen MR) is 112 cm³/mol. The lowest BCUT2D eigenvalue weighted by Crippen LogP contribution is -2.31. The van der Waals surface area contributed by atoms with Gasteiger partial charge in [-0.05, 0) is 50.5 Å². The molecule has 1 amide bonds. The molecule has 0 fully saturated rings. The lowest BCUT2D eigenvalue weighted by Gasteiger charge is -2.12. The predicted octanol–water partition coefficient (Wildman–Crippen LogP) is 3.51. The van der Waals surface area contributed by atoms with E-state index in [9.17, 15) is 13.2 Å². The highest BCUT2D eigenvalue weighted by Crippen LogP contribution is 2.27. The normalized spacial score (nSPS) is 11.0. The summed E-state index contributed by atoms with van der Waals surface area (Å²) in [5, 5.41) is 3.31. The standard InChI is InChI=1S/C17H19Cl2N3O3S.ClH/c1-22(2)9-8-20-17(23)12-4-3-5-14(10-12)26(24,25)21-16-11-13(18)6-7-15(16)19;/h3-7,10-11,21H,8-9H2,1-2H3,(H,20,23);1H. The molecule has 0 saturated carbocycles. The number of nitrogens with zero attached hydrogens (tertiary/aromatic N) is 1. The molecule has 2 aromatic rings. The third-order valence-electron chi connectivity index (χ3n) is 3.42. The Labute approximate surface area is 175 Å². The summed E-state index contributed by atoms with van der Waals surface area (Å²) >= 11 is 11.9. The van der Waals surface area contributed by atoms with Crippen molar-refractivity contribution in [2.75, 3.05) is 31.9 Å². The molecular formula is C17H20Cl3N3O3S. The van der Waals surface area contributed by atoms with E-state index < -0.39 is 10.0 Å². The summed E-state index contributed by atoms with van der Waals surface area (Å²) in [4.78, 5) is 14.1. The Morgan fingerprint density at radius 3 is 2.48 bits per heavy atom. The first-order chi connectivity index (χ1) is 12.2. The Bertz CT molecular complexity index is 905. The average Bonchev–Trinajstić information content (AvgIpc) is 2.57. The van der Waals surface area contributed by atoms with E-state index >= 15 is 0 Å². The first-order valence-corrected chi connectivity index (χ1v) is 9.94. The number of amides is 1. The number of benzene rings is 2. The summed E-state index contributed by atoms with van der Waals surface area (Å²) in [7, 11) is -0.134. The number of nitrogens with one attached hydrogen (secondary N) is 2. The maximum atomic E-state index is 12.6. The SMILES string of the molecule is CN(C)CCNC(=O)c1cccc(S(=O)(=O)Nc2cc(Cl)ccc2Cl)c1.Cl. The van der Waals surface area contributed by atoms with E-state index in [-0.39, 0.29) is 39.5 Å². The second-order valence-corrected chi connectivity index (χ2v) is 8.34. The van der Waals surface area contributed by atoms with Crippen molar-refractivity contribution in [1.82, 2.24) is 10.2 Å². The minimum Gasteiger partial charge on any atom is -0.351 e. The van der Waals surface area contributed by atoms with Crippen LogP contribution in [-0.2, 0) is 10.0 Å². The third-order valence-corrected chi connectivity index (χ3v) is 5.35. The summed E-state index contributed by atoms with van der Waals surface area (Å²) in [6.45, 7) is 1.14. The molecule has 0 heterocycles. The largest absolute Gasteiger partial charge is 0.351 e. The van der Waals surface area contributed by atoms with Gasteiger partial charge >= 0.3 is 0 Å². The second-order valence-electron chi connectivity index (χ2n) is 5.82. The van der Waals surface area contributed by atoms with Gasteiger partial charge in [0.2, 0.25) is 0 Å². The van der Waals surface area contributed by atoms with Crippen molar-refractivity contribution in [3.63, 3.8) is 0 Å². The Hall–Kier alpha value is -1.51. The summed E-state index contributed by atoms with van der Waals surface area (Å²) in [5.41, 5.74) is 0.420. The molecule has 10 heteroatoms. The molecule has 0 aliphatic rings. The van der Waals surface area contributed by atoms with Crippen molar-refractivity contribution in [3.05, 3.63) is 58.1 Å². The van der Waals surface area contributed by atoms with Gasteiger partial charge < -0.3 is 10.2 Å². The molecule has 0 aliphatic carbocycles. The van der Waals surface area contributed by atoms with Crippen LogP contribution < -0.4 is 10.0 Å². The maximum absolute atomic E-state index is 12.6. The van der Waals surface area contributed by atoms with Crippen LogP contribution >= 0.6 is 35.6 Å². The maximum Gasteiger partial charge on any atom is 0.261 e. The van der Waals surface area contributed by atoms with Gasteiger partial charge in [0.05, 0.1) is 15.6 Å². The van der Waals surface area contributed by atoms with Crippen LogP contribution in [0.5, 0.6) is 0 Å². The zero-order valence-corrected chi connectivity index (χ0v) is 17.8. The number of hydrogen-bond donors (Lipinski definition) is 2. The highest BCUT2D eigenvalue weighted by Gasteiger charge is 2.18. The van der Waals surface area contributed by atoms with E-state index in [1.165, 1.54) is 30.3 Å². The van der Waals surface area contributed by atoms with Crippen molar-refractivity contribution in [2.24, 2.45) is 0 Å². The fourth-order valence-electron chi connectivity index (χ4n) is 2.08. The number of hydrogen-bond acceptors (Lipinski definition) is 4. The molecule has 0 aliphatic heterocycles. The molecule has 0 saturated heterocycles. The smallest absolute Gasteiger partial charge is 0.261 e. The Morgan fingerprint density at radius 1 is 1.11 bits per heavy atom. The van der Waals surface area contributed by atoms with Gasteiger partial charge in [0.15, 0.2) is 0 Å². The number of anilines is 1. The van der Waals surface area contributed by atoms with E-state index in [0.29, 0.717) is 18.1 Å². The van der Waals surface area contributed by atoms with Crippen molar-refractivity contribution in [2.45, 2.75) is 4.90 Å². The number of carbonyl (C=O) groups excluding carboxylic acids is 1. The van der Waals surface area contributed by atoms with Crippen molar-refractivity contribution < 1.29 is 13.2 Å². The summed E-state index contributed by atoms with van der Waals surface area (Å²) in [6, 6.07) is 10.2. The topological polar surface area (TPSA) is 78.5 Å². The van der Waals surface area contributed by atoms with Gasteiger partial charge in [0, 0.05) is 23.7 Å². The van der Waals surface area contributed by atoms with Gasteiger partial charge in [0.1, 0.15) is 0 Å². The highest BCUT2D eigenvalue weighted by atomic mass is 35.5. The molecule has 0 radical (unpaired) electrons. The van der Waals surface area contributed by atoms with Crippen molar-refractivity contribution in [3.8, 4) is 0 Å². The molecule has 27 heavy (non-hydrogen) atoms. The van der Waals surface area contributed by atoms with Crippen LogP contribution in [0.15, 0.2) is 47.4 Å². The molecular weight excluding hydrogens is 433 g/mol. The van der Waals surface area contributed by atoms with E-state index in [2.05, 4.69) is 10.0 Å². The van der Waals surface area contributed by atoms with Crippen LogP contribution in [0, 0.1) is 0 Å². The van der Waals surface area contributed by atoms with Gasteiger partial charge in [-0.2, -0.15) is 0 Å². The monoisotopic (exact) mass is 451 g/mol. The van der Waals surface area contributed by atoms with E-state index in [1.807, 2.05) is 19.0 Å². The van der Waals surface area contributed by atoms with Crippen LogP contribution in [0.1, 0.15) is 10.4 Å². The molecule has 0 unspecified atom stereocenters. The van der Waals surface area contributed by atoms with Crippen molar-refractivity contribution in [1.29, 1.82) is 0 Å². The Morgan fingerprint density at radius 2 is 1.81 bits per heavy atom. The molecule has 148 valence electrons. The molecule has 0 atom stereocenters. The lowest BCUT2D eigenvalue weighted by atomic mass is 10.2. The molecule has 6 nitrogen and oxygen atoms in total. The van der Waals surface area contributed by atoms with Crippen LogP contribution in [0.25, 0.3) is 0 Å². The second kappa shape index (κ2) is 10.1. The van der Waals surface area contributed by atoms with Gasteiger partial charge in [0.25, 0.3) is 15.9 Å². The lowest BCUT2D eigenvalue weighted by molar-refractivity contribution is 0.0951. The molecule has 2 N–H and O–H groups in total. The molecule has 0 aromatic heterocycles. The fourth-order valence-corrected chi connectivity index (χ4v) is 3.59. The fraction of sp³-hybridized carbons (Fsp3) is 0.235. The number of sulfonamides is 1. The quantitative estimate of drug-likeness (QED) is 0.674. The molecule has 2 aromatic carbocycles. The van der Waals surface area contributed by atoms with Crippen LogP contribution in [0.4, 0.5) is 5.69 Å². The van der Waals surface area contributed by atoms with Crippen LogP contribution in [0.3, 0.4) is 0 Å². The first kappa shape index (κ1) is 23.5. The zero-order valence-electron chi connectivity index (χ0n) is 14.7. The number of carbonyl (C=O) groups is 1. The van der Waals surface area contributed by atoms with Crippen LogP contribution in [0.2, 0.25) is 10.0 Å². The number of rotatable bonds is 7. The summed E-state index contributed by atoms with van der Waals surface area (Å²) in [6.07, 6.45) is 0. The van der Waals surface area contributed by atoms with E-state index in [0.717, 1.165) is 0 Å². The van der Waals surface area contributed by atoms with Gasteiger partial charge in [-0.1, -0.05) is 29.3 Å². The Kier molecular flexibility index (Phi) is 8.84. The van der Waals surface area contributed by atoms with E-state index in [1.54, 1.807) is 12.1 Å². The zero-order chi connectivity index (χ0) is 19.3.